The molecule has 2 aromatic rings. The van der Waals surface area contributed by atoms with Crippen molar-refractivity contribution in [2.75, 3.05) is 0 Å². The smallest absolute Gasteiger partial charge is 0.225 e. The molecule has 90 valence electrons. The summed E-state index contributed by atoms with van der Waals surface area (Å²) in [5, 5.41) is 3.94. The fourth-order valence-corrected chi connectivity index (χ4v) is 3.10. The molecule has 1 N–H and O–H groups in total. The second-order valence-corrected chi connectivity index (χ2v) is 6.50. The van der Waals surface area contributed by atoms with Gasteiger partial charge in [0.1, 0.15) is 0 Å². The lowest BCUT2D eigenvalue weighted by Gasteiger charge is -2.01. The molecule has 0 aliphatic rings. The Morgan fingerprint density at radius 3 is 2.71 bits per heavy atom. The topological polar surface area (TPSA) is 42.0 Å². The minimum absolute atomic E-state index is 0.0675. The van der Waals surface area contributed by atoms with Crippen LogP contribution in [0.1, 0.15) is 19.6 Å². The van der Waals surface area contributed by atoms with Crippen LogP contribution in [-0.4, -0.2) is 10.9 Å². The number of thiazole rings is 1. The lowest BCUT2D eigenvalue weighted by atomic mass is 10.3. The first-order valence-electron chi connectivity index (χ1n) is 5.37. The number of aryl methyl sites for hydroxylation is 2. The summed E-state index contributed by atoms with van der Waals surface area (Å²) in [6.07, 6.45) is 2.28. The average Bonchev–Trinajstić information content (AvgIpc) is 2.85. The predicted octanol–water partition coefficient (Wildman–Crippen LogP) is 2.68. The molecule has 1 amide bonds. The molecule has 2 rings (SSSR count). The fraction of sp³-hybridized carbons (Fsp3) is 0.333. The van der Waals surface area contributed by atoms with Crippen LogP contribution in [0.2, 0.25) is 0 Å². The molecular formula is C12H14N2OS2. The first kappa shape index (κ1) is 12.3. The highest BCUT2D eigenvalue weighted by Gasteiger charge is 2.06. The Morgan fingerprint density at radius 2 is 2.12 bits per heavy atom. The first-order valence-corrected chi connectivity index (χ1v) is 7.00. The molecule has 0 unspecified atom stereocenters. The van der Waals surface area contributed by atoms with Crippen LogP contribution < -0.4 is 5.32 Å². The van der Waals surface area contributed by atoms with Gasteiger partial charge < -0.3 is 5.32 Å². The van der Waals surface area contributed by atoms with E-state index in [1.807, 2.05) is 32.2 Å². The second kappa shape index (κ2) is 5.42. The van der Waals surface area contributed by atoms with Gasteiger partial charge in [0.05, 0.1) is 18.0 Å². The van der Waals surface area contributed by atoms with Crippen molar-refractivity contribution >= 4 is 28.6 Å². The predicted molar refractivity (Wildman–Crippen MR) is 71.5 cm³/mol. The van der Waals surface area contributed by atoms with Gasteiger partial charge in [-0.15, -0.1) is 22.7 Å². The van der Waals surface area contributed by atoms with E-state index in [9.17, 15) is 4.79 Å². The van der Waals surface area contributed by atoms with Crippen LogP contribution in [-0.2, 0) is 17.8 Å². The highest BCUT2D eigenvalue weighted by molar-refractivity contribution is 7.12. The number of nitrogens with zero attached hydrogens (tertiary/aromatic N) is 1. The SMILES string of the molecule is Cc1ccc(CC(=O)NCc2cnc(C)s2)s1. The van der Waals surface area contributed by atoms with Gasteiger partial charge in [-0.05, 0) is 26.0 Å². The summed E-state index contributed by atoms with van der Waals surface area (Å²) in [6.45, 7) is 4.59. The van der Waals surface area contributed by atoms with Crippen molar-refractivity contribution in [3.63, 3.8) is 0 Å². The van der Waals surface area contributed by atoms with E-state index in [2.05, 4.69) is 10.3 Å². The summed E-state index contributed by atoms with van der Waals surface area (Å²) in [4.78, 5) is 19.3. The Morgan fingerprint density at radius 1 is 1.29 bits per heavy atom. The Bertz CT molecular complexity index is 516. The van der Waals surface area contributed by atoms with E-state index in [0.29, 0.717) is 13.0 Å². The Kier molecular flexibility index (Phi) is 3.91. The molecule has 17 heavy (non-hydrogen) atoms. The number of rotatable bonds is 4. The van der Waals surface area contributed by atoms with Crippen molar-refractivity contribution in [2.45, 2.75) is 26.8 Å². The average molecular weight is 266 g/mol. The third-order valence-electron chi connectivity index (χ3n) is 2.26. The molecular weight excluding hydrogens is 252 g/mol. The third kappa shape index (κ3) is 3.64. The molecule has 0 fully saturated rings. The fourth-order valence-electron chi connectivity index (χ4n) is 1.47. The summed E-state index contributed by atoms with van der Waals surface area (Å²) in [6, 6.07) is 4.05. The standard InChI is InChI=1S/C12H14N2OS2/c1-8-3-4-10(16-8)5-12(15)14-7-11-6-13-9(2)17-11/h3-4,6H,5,7H2,1-2H3,(H,14,15). The lowest BCUT2D eigenvalue weighted by molar-refractivity contribution is -0.120. The number of hydrogen-bond donors (Lipinski definition) is 1. The number of carbonyl (C=O) groups is 1. The van der Waals surface area contributed by atoms with E-state index in [0.717, 1.165) is 14.8 Å². The minimum atomic E-state index is 0.0675. The van der Waals surface area contributed by atoms with Gasteiger partial charge in [0.15, 0.2) is 0 Å². The molecule has 5 heteroatoms. The van der Waals surface area contributed by atoms with Gasteiger partial charge in [-0.3, -0.25) is 4.79 Å². The van der Waals surface area contributed by atoms with Gasteiger partial charge in [-0.1, -0.05) is 0 Å². The van der Waals surface area contributed by atoms with Gasteiger partial charge in [0.25, 0.3) is 0 Å². The minimum Gasteiger partial charge on any atom is -0.351 e. The first-order chi connectivity index (χ1) is 8.13. The summed E-state index contributed by atoms with van der Waals surface area (Å²) in [7, 11) is 0. The van der Waals surface area contributed by atoms with Crippen molar-refractivity contribution in [3.05, 3.63) is 38.0 Å². The van der Waals surface area contributed by atoms with Gasteiger partial charge in [-0.25, -0.2) is 4.98 Å². The lowest BCUT2D eigenvalue weighted by Crippen LogP contribution is -2.23. The van der Waals surface area contributed by atoms with Crippen LogP contribution in [0.15, 0.2) is 18.3 Å². The molecule has 0 aliphatic heterocycles. The van der Waals surface area contributed by atoms with Crippen molar-refractivity contribution in [1.82, 2.24) is 10.3 Å². The number of amides is 1. The van der Waals surface area contributed by atoms with E-state index in [-0.39, 0.29) is 5.91 Å². The number of hydrogen-bond acceptors (Lipinski definition) is 4. The van der Waals surface area contributed by atoms with Gasteiger partial charge >= 0.3 is 0 Å². The Labute approximate surface area is 109 Å². The number of thiophene rings is 1. The molecule has 0 saturated carbocycles. The van der Waals surface area contributed by atoms with E-state index in [1.165, 1.54) is 4.88 Å². The van der Waals surface area contributed by atoms with Crippen molar-refractivity contribution < 1.29 is 4.79 Å². The second-order valence-electron chi connectivity index (χ2n) is 3.81. The highest BCUT2D eigenvalue weighted by atomic mass is 32.1. The molecule has 0 atom stereocenters. The van der Waals surface area contributed by atoms with Gasteiger partial charge in [-0.2, -0.15) is 0 Å². The zero-order chi connectivity index (χ0) is 12.3. The number of nitrogens with one attached hydrogen (secondary N) is 1. The summed E-state index contributed by atoms with van der Waals surface area (Å²) in [5.74, 6) is 0.0675. The largest absolute Gasteiger partial charge is 0.351 e. The normalized spacial score (nSPS) is 10.5. The summed E-state index contributed by atoms with van der Waals surface area (Å²) < 4.78 is 0. The van der Waals surface area contributed by atoms with Crippen LogP contribution in [0.5, 0.6) is 0 Å². The van der Waals surface area contributed by atoms with Gasteiger partial charge in [0.2, 0.25) is 5.91 Å². The Balaban J connectivity index is 1.82. The highest BCUT2D eigenvalue weighted by Crippen LogP contribution is 2.15. The van der Waals surface area contributed by atoms with Crippen LogP contribution in [0.3, 0.4) is 0 Å². The van der Waals surface area contributed by atoms with E-state index >= 15 is 0 Å². The third-order valence-corrected chi connectivity index (χ3v) is 4.17. The quantitative estimate of drug-likeness (QED) is 0.924. The maximum atomic E-state index is 11.7. The van der Waals surface area contributed by atoms with E-state index in [1.54, 1.807) is 22.7 Å². The molecule has 2 heterocycles. The zero-order valence-electron chi connectivity index (χ0n) is 9.82. The molecule has 3 nitrogen and oxygen atoms in total. The van der Waals surface area contributed by atoms with Crippen LogP contribution in [0.4, 0.5) is 0 Å². The zero-order valence-corrected chi connectivity index (χ0v) is 11.5. The van der Waals surface area contributed by atoms with Crippen LogP contribution >= 0.6 is 22.7 Å². The molecule has 2 aromatic heterocycles. The number of aromatic nitrogens is 1. The van der Waals surface area contributed by atoms with Gasteiger partial charge in [0, 0.05) is 20.8 Å². The molecule has 0 radical (unpaired) electrons. The van der Waals surface area contributed by atoms with E-state index in [4.69, 9.17) is 0 Å². The molecule has 0 spiro atoms. The summed E-state index contributed by atoms with van der Waals surface area (Å²) >= 11 is 3.29. The molecule has 0 aliphatic carbocycles. The van der Waals surface area contributed by atoms with Crippen LogP contribution in [0.25, 0.3) is 0 Å². The van der Waals surface area contributed by atoms with Crippen molar-refractivity contribution in [3.8, 4) is 0 Å². The Hall–Kier alpha value is -1.20. The van der Waals surface area contributed by atoms with Crippen molar-refractivity contribution in [2.24, 2.45) is 0 Å². The molecule has 0 bridgehead atoms. The molecule has 0 aromatic carbocycles. The van der Waals surface area contributed by atoms with Crippen molar-refractivity contribution in [1.29, 1.82) is 0 Å². The maximum Gasteiger partial charge on any atom is 0.225 e. The number of carbonyl (C=O) groups excluding carboxylic acids is 1. The van der Waals surface area contributed by atoms with Crippen LogP contribution in [0, 0.1) is 13.8 Å². The summed E-state index contributed by atoms with van der Waals surface area (Å²) in [5.41, 5.74) is 0. The van der Waals surface area contributed by atoms with E-state index < -0.39 is 0 Å². The maximum absolute atomic E-state index is 11.7. The monoisotopic (exact) mass is 266 g/mol. The molecule has 0 saturated heterocycles.